The molecule has 0 aromatic heterocycles. The fraction of sp³-hybridized carbons (Fsp3) is 0.619. The number of rotatable bonds is 2. The van der Waals surface area contributed by atoms with Crippen LogP contribution in [-0.4, -0.2) is 35.5 Å². The number of allylic oxidation sites excluding steroid dienone is 2. The predicted octanol–water partition coefficient (Wildman–Crippen LogP) is 2.61. The van der Waals surface area contributed by atoms with Crippen LogP contribution in [0.25, 0.3) is 0 Å². The first-order valence-electron chi connectivity index (χ1n) is 10.2. The number of carbonyl (C=O) groups is 4. The van der Waals surface area contributed by atoms with E-state index in [-0.39, 0.29) is 5.57 Å². The van der Waals surface area contributed by atoms with E-state index in [9.17, 15) is 19.2 Å². The van der Waals surface area contributed by atoms with Crippen molar-refractivity contribution in [1.29, 1.82) is 0 Å². The van der Waals surface area contributed by atoms with Gasteiger partial charge in [-0.25, -0.2) is 9.59 Å². The summed E-state index contributed by atoms with van der Waals surface area (Å²) < 4.78 is 21.6. The Bertz CT molecular complexity index is 739. The van der Waals surface area contributed by atoms with Crippen LogP contribution in [0.3, 0.4) is 0 Å². The van der Waals surface area contributed by atoms with E-state index in [2.05, 4.69) is 0 Å². The zero-order valence-electron chi connectivity index (χ0n) is 16.1. The maximum Gasteiger partial charge on any atom is 0.348 e. The topological polar surface area (TPSA) is 105 Å². The molecule has 8 nitrogen and oxygen atoms in total. The molecule has 2 saturated carbocycles. The molecule has 156 valence electrons. The lowest BCUT2D eigenvalue weighted by Crippen LogP contribution is -2.50. The Kier molecular flexibility index (Phi) is 5.19. The van der Waals surface area contributed by atoms with Gasteiger partial charge in [0.1, 0.15) is 5.57 Å². The molecule has 4 aliphatic rings. The van der Waals surface area contributed by atoms with Crippen LogP contribution in [0, 0.1) is 5.92 Å². The SMILES string of the molecule is O=C1OC2(CCCCC2)OC(=O)C1=CC=CC1C(=O)OC2(CCCCC2)OC1=O. The highest BCUT2D eigenvalue weighted by atomic mass is 16.8. The van der Waals surface area contributed by atoms with E-state index in [4.69, 9.17) is 18.9 Å². The molecule has 0 aromatic rings. The molecule has 4 rings (SSSR count). The van der Waals surface area contributed by atoms with E-state index in [1.807, 2.05) is 0 Å². The molecule has 0 radical (unpaired) electrons. The summed E-state index contributed by atoms with van der Waals surface area (Å²) in [4.78, 5) is 49.2. The monoisotopic (exact) mass is 404 g/mol. The summed E-state index contributed by atoms with van der Waals surface area (Å²) in [5.41, 5.74) is -0.279. The lowest BCUT2D eigenvalue weighted by molar-refractivity contribution is -0.258. The van der Waals surface area contributed by atoms with Crippen LogP contribution in [0.5, 0.6) is 0 Å². The largest absolute Gasteiger partial charge is 0.422 e. The Morgan fingerprint density at radius 1 is 0.655 bits per heavy atom. The minimum absolute atomic E-state index is 0.279. The average Bonchev–Trinajstić information content (AvgIpc) is 2.67. The number of esters is 4. The standard InChI is InChI=1S/C21H24O8/c22-16-14(17(23)27-20(26-16)10-3-1-4-11-20)8-7-9-15-18(24)28-21(29-19(15)25)12-5-2-6-13-21/h7-9,14H,1-6,10-13H2. The average molecular weight is 404 g/mol. The van der Waals surface area contributed by atoms with Crippen molar-refractivity contribution < 1.29 is 38.1 Å². The normalized spacial score (nSPS) is 28.7. The van der Waals surface area contributed by atoms with Crippen molar-refractivity contribution in [2.75, 3.05) is 0 Å². The van der Waals surface area contributed by atoms with Crippen molar-refractivity contribution in [3.8, 4) is 0 Å². The second kappa shape index (κ2) is 7.65. The zero-order chi connectivity index (χ0) is 20.5. The van der Waals surface area contributed by atoms with Gasteiger partial charge in [-0.2, -0.15) is 0 Å². The fourth-order valence-electron chi connectivity index (χ4n) is 4.31. The molecule has 0 atom stereocenters. The van der Waals surface area contributed by atoms with E-state index in [0.29, 0.717) is 25.7 Å². The van der Waals surface area contributed by atoms with Crippen molar-refractivity contribution in [2.45, 2.75) is 75.8 Å². The lowest BCUT2D eigenvalue weighted by Gasteiger charge is -2.40. The van der Waals surface area contributed by atoms with Gasteiger partial charge in [-0.05, 0) is 31.8 Å². The molecule has 4 fully saturated rings. The summed E-state index contributed by atoms with van der Waals surface area (Å²) in [6.07, 6.45) is 11.1. The Hall–Kier alpha value is -2.64. The van der Waals surface area contributed by atoms with Crippen LogP contribution >= 0.6 is 0 Å². The van der Waals surface area contributed by atoms with Gasteiger partial charge >= 0.3 is 23.9 Å². The van der Waals surface area contributed by atoms with Gasteiger partial charge in [0.05, 0.1) is 0 Å². The molecule has 0 bridgehead atoms. The molecular formula is C21H24O8. The quantitative estimate of drug-likeness (QED) is 0.299. The van der Waals surface area contributed by atoms with Gasteiger partial charge in [-0.15, -0.1) is 0 Å². The molecule has 2 aliphatic heterocycles. The minimum atomic E-state index is -1.24. The van der Waals surface area contributed by atoms with Crippen molar-refractivity contribution in [2.24, 2.45) is 5.92 Å². The number of carbonyl (C=O) groups excluding carboxylic acids is 4. The van der Waals surface area contributed by atoms with Crippen molar-refractivity contribution >= 4 is 23.9 Å². The molecule has 0 N–H and O–H groups in total. The van der Waals surface area contributed by atoms with E-state index < -0.39 is 41.4 Å². The highest BCUT2D eigenvalue weighted by molar-refractivity contribution is 6.15. The number of hydrogen-bond acceptors (Lipinski definition) is 8. The first kappa shape index (κ1) is 19.7. The van der Waals surface area contributed by atoms with Crippen LogP contribution in [0.2, 0.25) is 0 Å². The van der Waals surface area contributed by atoms with E-state index >= 15 is 0 Å². The van der Waals surface area contributed by atoms with E-state index in [1.54, 1.807) is 0 Å². The van der Waals surface area contributed by atoms with Gasteiger partial charge in [0, 0.05) is 25.7 Å². The maximum absolute atomic E-state index is 12.3. The van der Waals surface area contributed by atoms with Crippen LogP contribution < -0.4 is 0 Å². The zero-order valence-corrected chi connectivity index (χ0v) is 16.1. The van der Waals surface area contributed by atoms with Crippen molar-refractivity contribution in [3.05, 3.63) is 23.8 Å². The second-order valence-electron chi connectivity index (χ2n) is 8.01. The first-order valence-corrected chi connectivity index (χ1v) is 10.2. The molecule has 0 aromatic carbocycles. The lowest BCUT2D eigenvalue weighted by atomic mass is 9.92. The van der Waals surface area contributed by atoms with Gasteiger partial charge in [-0.1, -0.05) is 25.0 Å². The predicted molar refractivity (Wildman–Crippen MR) is 96.7 cm³/mol. The molecule has 8 heteroatoms. The molecule has 2 saturated heterocycles. The summed E-state index contributed by atoms with van der Waals surface area (Å²) >= 11 is 0. The maximum atomic E-state index is 12.3. The Morgan fingerprint density at radius 2 is 1.10 bits per heavy atom. The summed E-state index contributed by atoms with van der Waals surface area (Å²) in [7, 11) is 0. The smallest absolute Gasteiger partial charge is 0.348 e. The Morgan fingerprint density at radius 3 is 1.59 bits per heavy atom. The van der Waals surface area contributed by atoms with E-state index in [0.717, 1.165) is 38.5 Å². The van der Waals surface area contributed by atoms with Gasteiger partial charge in [0.15, 0.2) is 5.92 Å². The molecule has 2 aliphatic carbocycles. The highest BCUT2D eigenvalue weighted by Crippen LogP contribution is 2.38. The summed E-state index contributed by atoms with van der Waals surface area (Å²) in [6.45, 7) is 0. The third kappa shape index (κ3) is 3.93. The Labute approximate surface area is 168 Å². The molecular weight excluding hydrogens is 380 g/mol. The first-order chi connectivity index (χ1) is 13.9. The number of ether oxygens (including phenoxy) is 4. The van der Waals surface area contributed by atoms with Gasteiger partial charge in [0.25, 0.3) is 11.6 Å². The molecule has 0 amide bonds. The third-order valence-electron chi connectivity index (χ3n) is 5.88. The van der Waals surface area contributed by atoms with Crippen LogP contribution in [0.15, 0.2) is 23.8 Å². The molecule has 29 heavy (non-hydrogen) atoms. The van der Waals surface area contributed by atoms with Gasteiger partial charge < -0.3 is 18.9 Å². The second-order valence-corrected chi connectivity index (χ2v) is 8.01. The summed E-state index contributed by atoms with van der Waals surface area (Å²) in [5, 5.41) is 0. The van der Waals surface area contributed by atoms with Crippen molar-refractivity contribution in [3.63, 3.8) is 0 Å². The summed E-state index contributed by atoms with van der Waals surface area (Å²) in [5.74, 6) is -6.43. The van der Waals surface area contributed by atoms with Crippen LogP contribution in [0.1, 0.15) is 64.2 Å². The van der Waals surface area contributed by atoms with Crippen LogP contribution in [0.4, 0.5) is 0 Å². The van der Waals surface area contributed by atoms with E-state index in [1.165, 1.54) is 18.2 Å². The van der Waals surface area contributed by atoms with Gasteiger partial charge in [0.2, 0.25) is 0 Å². The van der Waals surface area contributed by atoms with Gasteiger partial charge in [-0.3, -0.25) is 9.59 Å². The highest BCUT2D eigenvalue weighted by Gasteiger charge is 2.49. The third-order valence-corrected chi connectivity index (χ3v) is 5.88. The molecule has 2 heterocycles. The molecule has 0 unspecified atom stereocenters. The fourth-order valence-corrected chi connectivity index (χ4v) is 4.31. The minimum Gasteiger partial charge on any atom is -0.422 e. The number of hydrogen-bond donors (Lipinski definition) is 0. The van der Waals surface area contributed by atoms with Crippen molar-refractivity contribution in [1.82, 2.24) is 0 Å². The summed E-state index contributed by atoms with van der Waals surface area (Å²) in [6, 6.07) is 0. The van der Waals surface area contributed by atoms with Crippen LogP contribution in [-0.2, 0) is 38.1 Å². The Balaban J connectivity index is 1.42. The molecule has 2 spiro atoms.